The van der Waals surface area contributed by atoms with Gasteiger partial charge in [-0.05, 0) is 6.92 Å². The number of ether oxygens (including phenoxy) is 2. The van der Waals surface area contributed by atoms with E-state index in [1.54, 1.807) is 4.90 Å². The van der Waals surface area contributed by atoms with Gasteiger partial charge >= 0.3 is 0 Å². The lowest BCUT2D eigenvalue weighted by Crippen LogP contribution is -2.53. The number of morpholine rings is 1. The van der Waals surface area contributed by atoms with Crippen LogP contribution in [-0.2, 0) is 14.3 Å². The number of aliphatic hydroxyl groups excluding tert-OH is 1. The van der Waals surface area contributed by atoms with Crippen LogP contribution < -0.4 is 5.32 Å². The Balaban J connectivity index is 1.81. The normalized spacial score (nSPS) is 31.5. The van der Waals surface area contributed by atoms with E-state index in [1.807, 2.05) is 6.92 Å². The van der Waals surface area contributed by atoms with E-state index in [2.05, 4.69) is 5.32 Å². The molecule has 2 heterocycles. The van der Waals surface area contributed by atoms with Crippen LogP contribution >= 0.6 is 0 Å². The number of carbonyl (C=O) groups excluding carboxylic acids is 1. The lowest BCUT2D eigenvalue weighted by atomic mass is 10.1. The van der Waals surface area contributed by atoms with Gasteiger partial charge < -0.3 is 19.5 Å². The van der Waals surface area contributed by atoms with Crippen LogP contribution in [0.1, 0.15) is 6.92 Å². The molecular formula is C11H20N2O4. The van der Waals surface area contributed by atoms with Crippen LogP contribution in [0.5, 0.6) is 0 Å². The minimum absolute atomic E-state index is 0.0624. The van der Waals surface area contributed by atoms with Gasteiger partial charge in [-0.15, -0.1) is 0 Å². The molecule has 0 spiro atoms. The summed E-state index contributed by atoms with van der Waals surface area (Å²) in [7, 11) is 0. The predicted octanol–water partition coefficient (Wildman–Crippen LogP) is -1.42. The standard InChI is InChI=1S/C11H20N2O4/c1-8(12-9-6-17-7-10(9)14)11(15)13-2-4-16-5-3-13/h8-10,12,14H,2-7H2,1H3. The first-order chi connectivity index (χ1) is 8.18. The van der Waals surface area contributed by atoms with Crippen LogP contribution in [0.4, 0.5) is 0 Å². The van der Waals surface area contributed by atoms with Gasteiger partial charge in [-0.25, -0.2) is 0 Å². The van der Waals surface area contributed by atoms with Gasteiger partial charge in [-0.2, -0.15) is 0 Å². The topological polar surface area (TPSA) is 71.0 Å². The number of amides is 1. The Bertz CT molecular complexity index is 268. The number of hydrogen-bond acceptors (Lipinski definition) is 5. The van der Waals surface area contributed by atoms with E-state index in [-0.39, 0.29) is 18.0 Å². The summed E-state index contributed by atoms with van der Waals surface area (Å²) in [5, 5.41) is 12.7. The smallest absolute Gasteiger partial charge is 0.239 e. The van der Waals surface area contributed by atoms with Crippen molar-refractivity contribution < 1.29 is 19.4 Å². The van der Waals surface area contributed by atoms with E-state index in [1.165, 1.54) is 0 Å². The summed E-state index contributed by atoms with van der Waals surface area (Å²) in [5.41, 5.74) is 0. The fourth-order valence-corrected chi connectivity index (χ4v) is 2.15. The summed E-state index contributed by atoms with van der Waals surface area (Å²) in [6.07, 6.45) is -0.519. The highest BCUT2D eigenvalue weighted by molar-refractivity contribution is 5.81. The van der Waals surface area contributed by atoms with Crippen molar-refractivity contribution in [2.45, 2.75) is 25.1 Å². The lowest BCUT2D eigenvalue weighted by molar-refractivity contribution is -0.137. The number of nitrogens with zero attached hydrogens (tertiary/aromatic N) is 1. The second kappa shape index (κ2) is 5.77. The van der Waals surface area contributed by atoms with E-state index >= 15 is 0 Å². The number of nitrogens with one attached hydrogen (secondary N) is 1. The molecule has 0 aromatic rings. The number of aliphatic hydroxyl groups is 1. The first-order valence-electron chi connectivity index (χ1n) is 6.07. The summed E-state index contributed by atoms with van der Waals surface area (Å²) in [4.78, 5) is 13.9. The van der Waals surface area contributed by atoms with Crippen LogP contribution in [0.25, 0.3) is 0 Å². The summed E-state index contributed by atoms with van der Waals surface area (Å²) in [5.74, 6) is 0.0624. The van der Waals surface area contributed by atoms with Crippen LogP contribution in [0.3, 0.4) is 0 Å². The maximum Gasteiger partial charge on any atom is 0.239 e. The summed E-state index contributed by atoms with van der Waals surface area (Å²) < 4.78 is 10.3. The van der Waals surface area contributed by atoms with Gasteiger partial charge in [0.2, 0.25) is 5.91 Å². The fraction of sp³-hybridized carbons (Fsp3) is 0.909. The van der Waals surface area contributed by atoms with Crippen LogP contribution in [0.15, 0.2) is 0 Å². The summed E-state index contributed by atoms with van der Waals surface area (Å²) >= 11 is 0. The molecule has 2 saturated heterocycles. The van der Waals surface area contributed by atoms with Crippen molar-refractivity contribution in [1.82, 2.24) is 10.2 Å². The molecule has 98 valence electrons. The van der Waals surface area contributed by atoms with Crippen molar-refractivity contribution in [3.05, 3.63) is 0 Å². The second-order valence-corrected chi connectivity index (χ2v) is 4.54. The third kappa shape index (κ3) is 3.16. The highest BCUT2D eigenvalue weighted by Gasteiger charge is 2.30. The third-order valence-corrected chi connectivity index (χ3v) is 3.21. The quantitative estimate of drug-likeness (QED) is 0.638. The minimum atomic E-state index is -0.519. The Kier molecular flexibility index (Phi) is 4.33. The summed E-state index contributed by atoms with van der Waals surface area (Å²) in [6.45, 7) is 5.13. The molecule has 2 fully saturated rings. The minimum Gasteiger partial charge on any atom is -0.389 e. The van der Waals surface area contributed by atoms with Crippen molar-refractivity contribution >= 4 is 5.91 Å². The van der Waals surface area contributed by atoms with Gasteiger partial charge in [0.1, 0.15) is 0 Å². The Morgan fingerprint density at radius 1 is 1.35 bits per heavy atom. The van der Waals surface area contributed by atoms with Crippen molar-refractivity contribution in [3.8, 4) is 0 Å². The zero-order valence-electron chi connectivity index (χ0n) is 10.1. The predicted molar refractivity (Wildman–Crippen MR) is 60.6 cm³/mol. The molecule has 6 nitrogen and oxygen atoms in total. The van der Waals surface area contributed by atoms with Gasteiger partial charge in [0.15, 0.2) is 0 Å². The molecular weight excluding hydrogens is 224 g/mol. The van der Waals surface area contributed by atoms with Crippen LogP contribution in [0, 0.1) is 0 Å². The highest BCUT2D eigenvalue weighted by Crippen LogP contribution is 2.07. The van der Waals surface area contributed by atoms with E-state index in [9.17, 15) is 9.90 Å². The zero-order chi connectivity index (χ0) is 12.3. The Hall–Kier alpha value is -0.690. The number of carbonyl (C=O) groups is 1. The van der Waals surface area contributed by atoms with Crippen LogP contribution in [-0.4, -0.2) is 73.6 Å². The number of hydrogen-bond donors (Lipinski definition) is 2. The van der Waals surface area contributed by atoms with E-state index in [0.717, 1.165) is 0 Å². The average Bonchev–Trinajstić information content (AvgIpc) is 2.75. The Morgan fingerprint density at radius 2 is 2.06 bits per heavy atom. The molecule has 0 aromatic heterocycles. The van der Waals surface area contributed by atoms with Crippen molar-refractivity contribution in [2.75, 3.05) is 39.5 Å². The molecule has 17 heavy (non-hydrogen) atoms. The van der Waals surface area contributed by atoms with E-state index in [0.29, 0.717) is 39.5 Å². The maximum atomic E-state index is 12.1. The molecule has 3 unspecified atom stereocenters. The molecule has 0 bridgehead atoms. The fourth-order valence-electron chi connectivity index (χ4n) is 2.15. The van der Waals surface area contributed by atoms with Gasteiger partial charge in [0, 0.05) is 13.1 Å². The molecule has 1 amide bonds. The molecule has 3 atom stereocenters. The molecule has 2 aliphatic rings. The maximum absolute atomic E-state index is 12.1. The highest BCUT2D eigenvalue weighted by atomic mass is 16.5. The molecule has 2 aliphatic heterocycles. The molecule has 2 rings (SSSR count). The molecule has 0 saturated carbocycles. The molecule has 0 aromatic carbocycles. The third-order valence-electron chi connectivity index (χ3n) is 3.21. The van der Waals surface area contributed by atoms with Gasteiger partial charge in [-0.3, -0.25) is 10.1 Å². The van der Waals surface area contributed by atoms with E-state index < -0.39 is 6.10 Å². The van der Waals surface area contributed by atoms with Gasteiger partial charge in [0.25, 0.3) is 0 Å². The summed E-state index contributed by atoms with van der Waals surface area (Å²) in [6, 6.07) is -0.440. The monoisotopic (exact) mass is 244 g/mol. The largest absolute Gasteiger partial charge is 0.389 e. The first-order valence-corrected chi connectivity index (χ1v) is 6.07. The van der Waals surface area contributed by atoms with Gasteiger partial charge in [0.05, 0.1) is 44.6 Å². The van der Waals surface area contributed by atoms with Crippen molar-refractivity contribution in [3.63, 3.8) is 0 Å². The van der Waals surface area contributed by atoms with Crippen molar-refractivity contribution in [1.29, 1.82) is 0 Å². The zero-order valence-corrected chi connectivity index (χ0v) is 10.1. The van der Waals surface area contributed by atoms with Crippen LogP contribution in [0.2, 0.25) is 0 Å². The second-order valence-electron chi connectivity index (χ2n) is 4.54. The van der Waals surface area contributed by atoms with E-state index in [4.69, 9.17) is 9.47 Å². The van der Waals surface area contributed by atoms with Crippen molar-refractivity contribution in [2.24, 2.45) is 0 Å². The molecule has 2 N–H and O–H groups in total. The molecule has 0 radical (unpaired) electrons. The SMILES string of the molecule is CC(NC1COCC1O)C(=O)N1CCOCC1. The van der Waals surface area contributed by atoms with Gasteiger partial charge in [-0.1, -0.05) is 0 Å². The Labute approximate surface area is 101 Å². The lowest BCUT2D eigenvalue weighted by Gasteiger charge is -2.30. The molecule has 6 heteroatoms. The number of rotatable bonds is 3. The average molecular weight is 244 g/mol. The molecule has 0 aliphatic carbocycles. The first kappa shape index (κ1) is 12.8. The Morgan fingerprint density at radius 3 is 2.65 bits per heavy atom.